The molecule has 0 aromatic rings. The number of carbonyl (C=O) groups is 2. The van der Waals surface area contributed by atoms with Crippen LogP contribution in [0.2, 0.25) is 0 Å². The number of halogens is 3. The summed E-state index contributed by atoms with van der Waals surface area (Å²) in [7, 11) is 0. The number of hydrogen-bond donors (Lipinski definition) is 3. The first kappa shape index (κ1) is 29.2. The number of carboxylic acid groups (broad SMARTS) is 2. The van der Waals surface area contributed by atoms with Crippen LogP contribution < -0.4 is 43.0 Å². The van der Waals surface area contributed by atoms with Crippen LogP contribution >= 0.6 is 0 Å². The van der Waals surface area contributed by atoms with Crippen molar-refractivity contribution in [3.8, 4) is 0 Å². The van der Waals surface area contributed by atoms with Gasteiger partial charge in [-0.15, -0.1) is 0 Å². The van der Waals surface area contributed by atoms with E-state index in [4.69, 9.17) is 15.9 Å². The van der Waals surface area contributed by atoms with Crippen molar-refractivity contribution < 1.29 is 74.1 Å². The van der Waals surface area contributed by atoms with Gasteiger partial charge in [-0.2, -0.15) is 0 Å². The van der Waals surface area contributed by atoms with Crippen molar-refractivity contribution in [2.24, 2.45) is 5.73 Å². The second kappa shape index (κ2) is 14.8. The van der Waals surface area contributed by atoms with Crippen LogP contribution in [-0.4, -0.2) is 28.2 Å². The van der Waals surface area contributed by atoms with Gasteiger partial charge in [0.1, 0.15) is 6.04 Å². The summed E-state index contributed by atoms with van der Waals surface area (Å²) in [5.74, 6) is -2.50. The van der Waals surface area contributed by atoms with Crippen LogP contribution in [0.4, 0.5) is 0 Å². The van der Waals surface area contributed by atoms with E-state index in [1.54, 1.807) is 0 Å². The number of aliphatic carboxylic acids is 2. The molecule has 0 saturated heterocycles. The summed E-state index contributed by atoms with van der Waals surface area (Å²) < 4.78 is 0. The summed E-state index contributed by atoms with van der Waals surface area (Å²) in [4.78, 5) is 19.6. The summed E-state index contributed by atoms with van der Waals surface area (Å²) >= 11 is 0. The second-order valence-electron chi connectivity index (χ2n) is 1.54. The van der Waals surface area contributed by atoms with Crippen molar-refractivity contribution in [1.29, 1.82) is 0 Å². The molecule has 0 fully saturated rings. The predicted octanol–water partition coefficient (Wildman–Crippen LogP) is -10.1. The van der Waals surface area contributed by atoms with Gasteiger partial charge < -0.3 is 53.2 Å². The van der Waals surface area contributed by atoms with E-state index in [9.17, 15) is 9.59 Å². The Kier molecular flexibility index (Phi) is 33.2. The quantitative estimate of drug-likeness (QED) is 0.449. The largest absolute Gasteiger partial charge is 3.00 e. The predicted molar refractivity (Wildman–Crippen MR) is 27.9 cm³/mol. The zero-order valence-electron chi connectivity index (χ0n) is 6.06. The number of rotatable bonds is 3. The standard InChI is InChI=1S/C4H7NO4.3ClH.Fe/c5-2(4(8)9)1-3(6)7;;;;/h2H,1,5H2,(H,6,7)(H,8,9);3*1H;/q;;;;+3/p-3/t2-;;;;/m0..../s1. The van der Waals surface area contributed by atoms with Gasteiger partial charge in [-0.05, 0) is 0 Å². The average Bonchev–Trinajstić information content (AvgIpc) is 1.63. The number of carboxylic acids is 2. The van der Waals surface area contributed by atoms with Crippen LogP contribution in [-0.2, 0) is 26.7 Å². The van der Waals surface area contributed by atoms with Crippen molar-refractivity contribution in [2.75, 3.05) is 0 Å². The second-order valence-corrected chi connectivity index (χ2v) is 1.54. The molecule has 0 amide bonds. The Morgan fingerprint density at radius 3 is 1.54 bits per heavy atom. The molecule has 0 spiro atoms. The minimum absolute atomic E-state index is 0. The molecule has 5 nitrogen and oxygen atoms in total. The maximum absolute atomic E-state index is 9.85. The molecule has 0 aromatic heterocycles. The van der Waals surface area contributed by atoms with E-state index in [0.29, 0.717) is 0 Å². The van der Waals surface area contributed by atoms with E-state index in [1.165, 1.54) is 0 Å². The zero-order chi connectivity index (χ0) is 7.44. The monoisotopic (exact) mass is 294 g/mol. The zero-order valence-corrected chi connectivity index (χ0v) is 9.43. The number of nitrogens with two attached hydrogens (primary N) is 1. The maximum Gasteiger partial charge on any atom is 3.00 e. The molecule has 0 aliphatic rings. The van der Waals surface area contributed by atoms with Crippen LogP contribution in [0.15, 0.2) is 0 Å². The summed E-state index contributed by atoms with van der Waals surface area (Å²) in [6.45, 7) is 0. The molecule has 0 bridgehead atoms. The van der Waals surface area contributed by atoms with Gasteiger partial charge in [0.05, 0.1) is 6.42 Å². The molecule has 0 saturated carbocycles. The number of hydrogen-bond acceptors (Lipinski definition) is 3. The van der Waals surface area contributed by atoms with Gasteiger partial charge in [-0.3, -0.25) is 9.59 Å². The Balaban J connectivity index is -0.0000000533. The Morgan fingerprint density at radius 2 is 1.46 bits per heavy atom. The van der Waals surface area contributed by atoms with Crippen LogP contribution in [0.3, 0.4) is 0 Å². The summed E-state index contributed by atoms with van der Waals surface area (Å²) in [6, 6.07) is -1.29. The van der Waals surface area contributed by atoms with E-state index in [0.717, 1.165) is 0 Å². The third-order valence-corrected chi connectivity index (χ3v) is 0.712. The molecular formula is C4H7Cl3FeNO4. The van der Waals surface area contributed by atoms with E-state index in [1.807, 2.05) is 0 Å². The molecule has 0 unspecified atom stereocenters. The first-order valence-corrected chi connectivity index (χ1v) is 2.24. The molecule has 13 heavy (non-hydrogen) atoms. The van der Waals surface area contributed by atoms with Gasteiger partial charge in [0, 0.05) is 0 Å². The molecule has 1 radical (unpaired) electrons. The summed E-state index contributed by atoms with van der Waals surface area (Å²) in [5.41, 5.74) is 4.84. The molecule has 0 aliphatic carbocycles. The van der Waals surface area contributed by atoms with Crippen LogP contribution in [0.5, 0.6) is 0 Å². The van der Waals surface area contributed by atoms with Crippen LogP contribution in [0, 0.1) is 0 Å². The maximum atomic E-state index is 9.85. The normalized spacial score (nSPS) is 8.69. The van der Waals surface area contributed by atoms with Crippen molar-refractivity contribution >= 4 is 11.9 Å². The van der Waals surface area contributed by atoms with Gasteiger partial charge in [-0.1, -0.05) is 0 Å². The molecule has 0 rings (SSSR count). The van der Waals surface area contributed by atoms with Gasteiger partial charge in [0.25, 0.3) is 0 Å². The van der Waals surface area contributed by atoms with Gasteiger partial charge in [-0.25, -0.2) is 0 Å². The van der Waals surface area contributed by atoms with E-state index in [-0.39, 0.29) is 54.3 Å². The third-order valence-electron chi connectivity index (χ3n) is 0.712. The van der Waals surface area contributed by atoms with Crippen molar-refractivity contribution in [1.82, 2.24) is 0 Å². The van der Waals surface area contributed by atoms with E-state index >= 15 is 0 Å². The molecule has 1 atom stereocenters. The fourth-order valence-corrected chi connectivity index (χ4v) is 0.275. The van der Waals surface area contributed by atoms with Crippen LogP contribution in [0.25, 0.3) is 0 Å². The Labute approximate surface area is 104 Å². The Hall–Kier alpha value is 0.289. The summed E-state index contributed by atoms with van der Waals surface area (Å²) in [5, 5.41) is 16.0. The van der Waals surface area contributed by atoms with Crippen LogP contribution in [0.1, 0.15) is 6.42 Å². The third kappa shape index (κ3) is 18.9. The molecule has 0 aromatic carbocycles. The topological polar surface area (TPSA) is 101 Å². The smallest absolute Gasteiger partial charge is 1.00 e. The minimum Gasteiger partial charge on any atom is -1.00 e. The fraction of sp³-hybridized carbons (Fsp3) is 0.500. The fourth-order valence-electron chi connectivity index (χ4n) is 0.275. The Morgan fingerprint density at radius 1 is 1.15 bits per heavy atom. The Bertz CT molecular complexity index is 147. The van der Waals surface area contributed by atoms with Gasteiger partial charge >= 0.3 is 29.0 Å². The molecule has 0 heterocycles. The molecule has 9 heteroatoms. The minimum atomic E-state index is -1.29. The van der Waals surface area contributed by atoms with Crippen molar-refractivity contribution in [3.05, 3.63) is 0 Å². The first-order chi connectivity index (χ1) is 4.04. The molecular weight excluding hydrogens is 288 g/mol. The summed E-state index contributed by atoms with van der Waals surface area (Å²) in [6.07, 6.45) is -0.532. The SMILES string of the molecule is N[C@@H](CC(=O)O)C(=O)O.[Cl-].[Cl-].[Cl-].[Fe+3]. The van der Waals surface area contributed by atoms with Gasteiger partial charge in [0.15, 0.2) is 0 Å². The molecule has 81 valence electrons. The molecule has 4 N–H and O–H groups in total. The molecule has 0 aliphatic heterocycles. The average molecular weight is 295 g/mol. The van der Waals surface area contributed by atoms with Crippen molar-refractivity contribution in [3.63, 3.8) is 0 Å². The van der Waals surface area contributed by atoms with E-state index in [2.05, 4.69) is 0 Å². The van der Waals surface area contributed by atoms with Crippen molar-refractivity contribution in [2.45, 2.75) is 12.5 Å². The van der Waals surface area contributed by atoms with Gasteiger partial charge in [0.2, 0.25) is 0 Å². The van der Waals surface area contributed by atoms with E-state index < -0.39 is 24.4 Å². The first-order valence-electron chi connectivity index (χ1n) is 2.24.